The fraction of sp³-hybridized carbons (Fsp3) is 0.333. The second-order valence-corrected chi connectivity index (χ2v) is 9.51. The fourth-order valence-electron chi connectivity index (χ4n) is 4.88. The van der Waals surface area contributed by atoms with Crippen LogP contribution in [0.2, 0.25) is 0 Å². The van der Waals surface area contributed by atoms with Gasteiger partial charge in [0, 0.05) is 29.7 Å². The maximum atomic E-state index is 14.3. The summed E-state index contributed by atoms with van der Waals surface area (Å²) in [5, 5.41) is 9.76. The lowest BCUT2D eigenvalue weighted by molar-refractivity contribution is -0.272. The Hall–Kier alpha value is -4.09. The number of ketones is 1. The molecule has 0 aromatic heterocycles. The fourth-order valence-corrected chi connectivity index (χ4v) is 4.88. The molecule has 0 radical (unpaired) electrons. The van der Waals surface area contributed by atoms with Crippen molar-refractivity contribution in [3.63, 3.8) is 0 Å². The second-order valence-electron chi connectivity index (χ2n) is 9.51. The van der Waals surface area contributed by atoms with Crippen molar-refractivity contribution in [1.29, 1.82) is 0 Å². The van der Waals surface area contributed by atoms with Crippen LogP contribution in [0.1, 0.15) is 52.9 Å². The number of benzene rings is 3. The van der Waals surface area contributed by atoms with Crippen LogP contribution in [0.25, 0.3) is 0 Å². The van der Waals surface area contributed by atoms with Crippen molar-refractivity contribution < 1.29 is 51.6 Å². The molecular formula is C30H29F3O8. The average molecular weight is 575 g/mol. The molecule has 0 aliphatic carbocycles. The van der Waals surface area contributed by atoms with Crippen molar-refractivity contribution in [2.45, 2.75) is 43.8 Å². The van der Waals surface area contributed by atoms with Crippen LogP contribution in [0, 0.1) is 0 Å². The van der Waals surface area contributed by atoms with Crippen LogP contribution in [-0.2, 0) is 15.1 Å². The van der Waals surface area contributed by atoms with E-state index in [0.29, 0.717) is 22.6 Å². The molecular weight excluding hydrogens is 545 g/mol. The third-order valence-corrected chi connectivity index (χ3v) is 7.05. The van der Waals surface area contributed by atoms with E-state index in [1.165, 1.54) is 63.6 Å². The number of aliphatic hydroxyl groups is 1. The zero-order valence-electron chi connectivity index (χ0n) is 22.9. The van der Waals surface area contributed by atoms with Gasteiger partial charge in [-0.1, -0.05) is 43.3 Å². The highest BCUT2D eigenvalue weighted by atomic mass is 19.4. The number of halogens is 3. The molecule has 8 nitrogen and oxygen atoms in total. The third-order valence-electron chi connectivity index (χ3n) is 7.05. The number of aliphatic hydroxyl groups excluding tert-OH is 1. The first-order valence-corrected chi connectivity index (χ1v) is 12.6. The van der Waals surface area contributed by atoms with E-state index in [0.717, 1.165) is 19.2 Å². The summed E-state index contributed by atoms with van der Waals surface area (Å²) in [7, 11) is 3.49. The summed E-state index contributed by atoms with van der Waals surface area (Å²) in [4.78, 5) is 25.6. The Bertz CT molecular complexity index is 1440. The molecule has 11 heteroatoms. The van der Waals surface area contributed by atoms with Gasteiger partial charge in [-0.15, -0.1) is 0 Å². The summed E-state index contributed by atoms with van der Waals surface area (Å²) < 4.78 is 69.9. The highest BCUT2D eigenvalue weighted by Crippen LogP contribution is 2.52. The topological polar surface area (TPSA) is 101 Å². The number of carbonyl (C=O) groups is 2. The van der Waals surface area contributed by atoms with E-state index in [2.05, 4.69) is 0 Å². The summed E-state index contributed by atoms with van der Waals surface area (Å²) in [5.41, 5.74) is -2.32. The average Bonchev–Trinajstić information content (AvgIpc) is 3.28. The zero-order chi connectivity index (χ0) is 30.1. The number of carbonyl (C=O) groups excluding carboxylic acids is 2. The molecule has 0 fully saturated rings. The number of esters is 1. The molecule has 0 saturated carbocycles. The highest BCUT2D eigenvalue weighted by Gasteiger charge is 2.64. The van der Waals surface area contributed by atoms with Crippen LogP contribution < -0.4 is 18.9 Å². The largest absolute Gasteiger partial charge is 0.493 e. The molecule has 1 aliphatic rings. The molecule has 0 saturated heterocycles. The molecule has 0 spiro atoms. The maximum Gasteiger partial charge on any atom is 0.432 e. The molecule has 218 valence electrons. The Balaban J connectivity index is 1.67. The van der Waals surface area contributed by atoms with Crippen LogP contribution in [-0.4, -0.2) is 50.5 Å². The Kier molecular flexibility index (Phi) is 8.32. The quantitative estimate of drug-likeness (QED) is 0.203. The summed E-state index contributed by atoms with van der Waals surface area (Å²) in [6.45, 7) is 3.24. The van der Waals surface area contributed by atoms with Gasteiger partial charge in [0.2, 0.25) is 0 Å². The van der Waals surface area contributed by atoms with Gasteiger partial charge >= 0.3 is 12.1 Å². The lowest BCUT2D eigenvalue weighted by Gasteiger charge is -2.32. The van der Waals surface area contributed by atoms with Gasteiger partial charge < -0.3 is 28.8 Å². The van der Waals surface area contributed by atoms with Crippen molar-refractivity contribution in [3.05, 3.63) is 82.9 Å². The van der Waals surface area contributed by atoms with E-state index in [9.17, 15) is 27.9 Å². The standard InChI is InChI=1S/C30H29F3O8/c1-16-21-13-19(25(35)17(2)34)15-24(38-4)27(21)41-26(16)18-11-12-22(23(14-18)37-3)40-28(36)29(39-5,30(31,32)33)20-9-7-6-8-10-20/h6-17,26,34H,1-5H3/t16-,17?,26-,29-/m0/s1. The molecule has 41 heavy (non-hydrogen) atoms. The summed E-state index contributed by atoms with van der Waals surface area (Å²) in [6.07, 6.45) is -6.95. The van der Waals surface area contributed by atoms with Crippen molar-refractivity contribution in [3.8, 4) is 23.0 Å². The minimum atomic E-state index is -5.14. The Morgan fingerprint density at radius 2 is 1.59 bits per heavy atom. The minimum Gasteiger partial charge on any atom is -0.493 e. The van der Waals surface area contributed by atoms with Crippen molar-refractivity contribution >= 4 is 11.8 Å². The van der Waals surface area contributed by atoms with Gasteiger partial charge in [-0.05, 0) is 36.8 Å². The van der Waals surface area contributed by atoms with E-state index >= 15 is 0 Å². The van der Waals surface area contributed by atoms with Crippen molar-refractivity contribution in [2.75, 3.05) is 21.3 Å². The molecule has 1 N–H and O–H groups in total. The van der Waals surface area contributed by atoms with E-state index in [1.54, 1.807) is 6.07 Å². The molecule has 0 amide bonds. The monoisotopic (exact) mass is 574 g/mol. The Morgan fingerprint density at radius 1 is 0.927 bits per heavy atom. The first-order valence-electron chi connectivity index (χ1n) is 12.6. The van der Waals surface area contributed by atoms with Gasteiger partial charge in [0.1, 0.15) is 12.2 Å². The number of fused-ring (bicyclic) bond motifs is 1. The SMILES string of the molecule is COc1cc([C@H]2Oc3c(OC)cc(C(=O)C(C)O)cc3[C@@H]2C)ccc1OC(=O)[C@@](OC)(c1ccccc1)C(F)(F)F. The van der Waals surface area contributed by atoms with E-state index in [4.69, 9.17) is 23.7 Å². The van der Waals surface area contributed by atoms with Gasteiger partial charge in [0.05, 0.1) is 14.2 Å². The predicted octanol–water partition coefficient (Wildman–Crippen LogP) is 5.51. The summed E-state index contributed by atoms with van der Waals surface area (Å²) in [5.74, 6) is -2.02. The number of rotatable bonds is 9. The molecule has 0 bridgehead atoms. The third kappa shape index (κ3) is 5.22. The summed E-state index contributed by atoms with van der Waals surface area (Å²) >= 11 is 0. The maximum absolute atomic E-state index is 14.3. The number of alkyl halides is 3. The lowest BCUT2D eigenvalue weighted by Crippen LogP contribution is -2.52. The van der Waals surface area contributed by atoms with E-state index in [1.807, 2.05) is 6.92 Å². The molecule has 1 heterocycles. The zero-order valence-corrected chi connectivity index (χ0v) is 22.9. The van der Waals surface area contributed by atoms with Gasteiger partial charge in [-0.3, -0.25) is 4.79 Å². The molecule has 1 aliphatic heterocycles. The predicted molar refractivity (Wildman–Crippen MR) is 141 cm³/mol. The van der Waals surface area contributed by atoms with Gasteiger partial charge in [-0.2, -0.15) is 13.2 Å². The Labute approximate surface area is 234 Å². The molecule has 3 aromatic carbocycles. The first kappa shape index (κ1) is 29.9. The Morgan fingerprint density at radius 3 is 2.15 bits per heavy atom. The first-order chi connectivity index (χ1) is 19.4. The van der Waals surface area contributed by atoms with E-state index in [-0.39, 0.29) is 23.0 Å². The molecule has 4 atom stereocenters. The number of hydrogen-bond acceptors (Lipinski definition) is 8. The van der Waals surface area contributed by atoms with Crippen molar-refractivity contribution in [2.24, 2.45) is 0 Å². The van der Waals surface area contributed by atoms with Gasteiger partial charge in [-0.25, -0.2) is 4.79 Å². The van der Waals surface area contributed by atoms with Gasteiger partial charge in [0.15, 0.2) is 28.8 Å². The molecule has 1 unspecified atom stereocenters. The van der Waals surface area contributed by atoms with Crippen LogP contribution in [0.4, 0.5) is 13.2 Å². The highest BCUT2D eigenvalue weighted by molar-refractivity contribution is 6.00. The number of hydrogen-bond donors (Lipinski definition) is 1. The van der Waals surface area contributed by atoms with Crippen LogP contribution >= 0.6 is 0 Å². The van der Waals surface area contributed by atoms with Crippen LogP contribution in [0.15, 0.2) is 60.7 Å². The second kappa shape index (κ2) is 11.4. The normalized spacial score (nSPS) is 18.5. The van der Waals surface area contributed by atoms with Crippen LogP contribution in [0.5, 0.6) is 23.0 Å². The number of methoxy groups -OCH3 is 3. The number of ether oxygens (including phenoxy) is 5. The summed E-state index contributed by atoms with van der Waals surface area (Å²) in [6, 6.07) is 14.0. The van der Waals surface area contributed by atoms with Crippen molar-refractivity contribution in [1.82, 2.24) is 0 Å². The van der Waals surface area contributed by atoms with Crippen LogP contribution in [0.3, 0.4) is 0 Å². The molecule has 4 rings (SSSR count). The molecule has 3 aromatic rings. The number of Topliss-reactive ketones (excluding diaryl/α,β-unsaturated/α-hetero) is 1. The lowest BCUT2D eigenvalue weighted by atomic mass is 9.90. The minimum absolute atomic E-state index is 0.0141. The van der Waals surface area contributed by atoms with Gasteiger partial charge in [0.25, 0.3) is 5.60 Å². The smallest absolute Gasteiger partial charge is 0.432 e. The van der Waals surface area contributed by atoms with E-state index < -0.39 is 41.3 Å².